The van der Waals surface area contributed by atoms with Gasteiger partial charge in [0.2, 0.25) is 11.8 Å². The Morgan fingerprint density at radius 2 is 2.00 bits per heavy atom. The first-order chi connectivity index (χ1) is 8.33. The minimum absolute atomic E-state index is 0.350. The van der Waals surface area contributed by atoms with Crippen molar-refractivity contribution in [3.63, 3.8) is 0 Å². The molecule has 0 spiro atoms. The van der Waals surface area contributed by atoms with Crippen LogP contribution in [0.1, 0.15) is 35.6 Å². The van der Waals surface area contributed by atoms with Crippen molar-refractivity contribution in [3.05, 3.63) is 47.7 Å². The molecule has 0 radical (unpaired) electrons. The second-order valence-electron chi connectivity index (χ2n) is 4.45. The highest BCUT2D eigenvalue weighted by atomic mass is 35.5. The molecule has 17 heavy (non-hydrogen) atoms. The Bertz CT molecular complexity index is 493. The van der Waals surface area contributed by atoms with Gasteiger partial charge in [-0.05, 0) is 24.3 Å². The standard InChI is InChI=1S/C13H13ClN2O/c14-12(10-4-2-1-3-5-10)13-16-15-11(17-13)8-9-6-7-9/h1-5,9,12H,6-8H2. The second-order valence-corrected chi connectivity index (χ2v) is 4.89. The Labute approximate surface area is 105 Å². The van der Waals surface area contributed by atoms with Crippen LogP contribution in [0.2, 0.25) is 0 Å². The molecule has 3 rings (SSSR count). The largest absolute Gasteiger partial charge is 0.423 e. The highest BCUT2D eigenvalue weighted by Gasteiger charge is 2.25. The third kappa shape index (κ3) is 2.50. The molecule has 88 valence electrons. The highest BCUT2D eigenvalue weighted by Crippen LogP contribution is 2.33. The Morgan fingerprint density at radius 1 is 1.24 bits per heavy atom. The van der Waals surface area contributed by atoms with Crippen LogP contribution < -0.4 is 0 Å². The number of hydrogen-bond acceptors (Lipinski definition) is 3. The zero-order chi connectivity index (χ0) is 11.7. The number of nitrogens with zero attached hydrogens (tertiary/aromatic N) is 2. The number of alkyl halides is 1. The first-order valence-corrected chi connectivity index (χ1v) is 6.28. The van der Waals surface area contributed by atoms with E-state index in [0.717, 1.165) is 17.9 Å². The molecule has 1 atom stereocenters. The molecule has 1 aromatic carbocycles. The van der Waals surface area contributed by atoms with Crippen molar-refractivity contribution in [2.75, 3.05) is 0 Å². The maximum absolute atomic E-state index is 6.30. The summed E-state index contributed by atoms with van der Waals surface area (Å²) < 4.78 is 5.60. The van der Waals surface area contributed by atoms with Crippen LogP contribution in [-0.4, -0.2) is 10.2 Å². The van der Waals surface area contributed by atoms with Gasteiger partial charge in [0.25, 0.3) is 0 Å². The summed E-state index contributed by atoms with van der Waals surface area (Å²) in [4.78, 5) is 0. The van der Waals surface area contributed by atoms with Crippen LogP contribution >= 0.6 is 11.6 Å². The van der Waals surface area contributed by atoms with Crippen molar-refractivity contribution in [3.8, 4) is 0 Å². The van der Waals surface area contributed by atoms with E-state index in [-0.39, 0.29) is 5.38 Å². The topological polar surface area (TPSA) is 38.9 Å². The molecule has 0 bridgehead atoms. The summed E-state index contributed by atoms with van der Waals surface area (Å²) >= 11 is 6.30. The summed E-state index contributed by atoms with van der Waals surface area (Å²) in [6.45, 7) is 0. The van der Waals surface area contributed by atoms with Gasteiger partial charge in [0, 0.05) is 6.42 Å². The summed E-state index contributed by atoms with van der Waals surface area (Å²) in [6.07, 6.45) is 3.45. The monoisotopic (exact) mass is 248 g/mol. The van der Waals surface area contributed by atoms with Crippen molar-refractivity contribution >= 4 is 11.6 Å². The van der Waals surface area contributed by atoms with E-state index >= 15 is 0 Å². The minimum atomic E-state index is -0.350. The van der Waals surface area contributed by atoms with Gasteiger partial charge in [0.1, 0.15) is 5.38 Å². The maximum Gasteiger partial charge on any atom is 0.238 e. The zero-order valence-corrected chi connectivity index (χ0v) is 10.1. The number of aromatic nitrogens is 2. The van der Waals surface area contributed by atoms with E-state index in [1.54, 1.807) is 0 Å². The van der Waals surface area contributed by atoms with Gasteiger partial charge in [-0.15, -0.1) is 21.8 Å². The first kappa shape index (κ1) is 10.8. The Balaban J connectivity index is 1.76. The second kappa shape index (κ2) is 4.49. The van der Waals surface area contributed by atoms with Gasteiger partial charge in [0.15, 0.2) is 0 Å². The normalized spacial score (nSPS) is 17.0. The summed E-state index contributed by atoms with van der Waals surface area (Å²) in [5.41, 5.74) is 0.982. The minimum Gasteiger partial charge on any atom is -0.423 e. The summed E-state index contributed by atoms with van der Waals surface area (Å²) in [5.74, 6) is 1.95. The van der Waals surface area contributed by atoms with Crippen molar-refractivity contribution in [2.24, 2.45) is 5.92 Å². The highest BCUT2D eigenvalue weighted by molar-refractivity contribution is 6.22. The van der Waals surface area contributed by atoms with E-state index in [4.69, 9.17) is 16.0 Å². The number of benzene rings is 1. The van der Waals surface area contributed by atoms with E-state index in [1.165, 1.54) is 12.8 Å². The van der Waals surface area contributed by atoms with E-state index in [0.29, 0.717) is 11.8 Å². The predicted molar refractivity (Wildman–Crippen MR) is 64.9 cm³/mol. The molecule has 1 fully saturated rings. The van der Waals surface area contributed by atoms with Gasteiger partial charge in [-0.2, -0.15) is 0 Å². The van der Waals surface area contributed by atoms with Gasteiger partial charge in [-0.1, -0.05) is 30.3 Å². The third-order valence-electron chi connectivity index (χ3n) is 2.95. The lowest BCUT2D eigenvalue weighted by Gasteiger charge is -2.03. The summed E-state index contributed by atoms with van der Waals surface area (Å²) in [6, 6.07) is 9.78. The zero-order valence-electron chi connectivity index (χ0n) is 9.34. The Hall–Kier alpha value is -1.35. The third-order valence-corrected chi connectivity index (χ3v) is 3.39. The molecule has 4 heteroatoms. The predicted octanol–water partition coefficient (Wildman–Crippen LogP) is 3.35. The number of rotatable bonds is 4. The molecular weight excluding hydrogens is 236 g/mol. The number of halogens is 1. The van der Waals surface area contributed by atoms with Crippen molar-refractivity contribution in [2.45, 2.75) is 24.6 Å². The molecule has 1 unspecified atom stereocenters. The molecule has 3 nitrogen and oxygen atoms in total. The molecule has 2 aromatic rings. The van der Waals surface area contributed by atoms with E-state index in [9.17, 15) is 0 Å². The molecular formula is C13H13ClN2O. The van der Waals surface area contributed by atoms with Gasteiger partial charge < -0.3 is 4.42 Å². The average molecular weight is 249 g/mol. The molecule has 1 saturated carbocycles. The van der Waals surface area contributed by atoms with Crippen molar-refractivity contribution < 1.29 is 4.42 Å². The SMILES string of the molecule is ClC(c1ccccc1)c1nnc(CC2CC2)o1. The molecule has 1 heterocycles. The lowest BCUT2D eigenvalue weighted by atomic mass is 10.1. The van der Waals surface area contributed by atoms with Crippen LogP contribution in [0.5, 0.6) is 0 Å². The Kier molecular flexibility index (Phi) is 2.85. The van der Waals surface area contributed by atoms with Gasteiger partial charge in [-0.3, -0.25) is 0 Å². The fourth-order valence-electron chi connectivity index (χ4n) is 1.79. The number of hydrogen-bond donors (Lipinski definition) is 0. The van der Waals surface area contributed by atoms with Crippen LogP contribution in [-0.2, 0) is 6.42 Å². The van der Waals surface area contributed by atoms with Gasteiger partial charge in [-0.25, -0.2) is 0 Å². The summed E-state index contributed by atoms with van der Waals surface area (Å²) in [7, 11) is 0. The molecule has 0 aliphatic heterocycles. The van der Waals surface area contributed by atoms with E-state index in [1.807, 2.05) is 30.3 Å². The van der Waals surface area contributed by atoms with Crippen molar-refractivity contribution in [1.29, 1.82) is 0 Å². The molecule has 0 saturated heterocycles. The molecule has 0 N–H and O–H groups in total. The molecule has 1 aliphatic rings. The average Bonchev–Trinajstić information content (AvgIpc) is 3.06. The van der Waals surface area contributed by atoms with Crippen LogP contribution in [0.15, 0.2) is 34.7 Å². The molecule has 0 amide bonds. The van der Waals surface area contributed by atoms with E-state index in [2.05, 4.69) is 10.2 Å². The smallest absolute Gasteiger partial charge is 0.238 e. The van der Waals surface area contributed by atoms with Crippen LogP contribution in [0.25, 0.3) is 0 Å². The van der Waals surface area contributed by atoms with Crippen molar-refractivity contribution in [1.82, 2.24) is 10.2 Å². The van der Waals surface area contributed by atoms with Crippen LogP contribution in [0.4, 0.5) is 0 Å². The van der Waals surface area contributed by atoms with Crippen LogP contribution in [0, 0.1) is 5.92 Å². The molecule has 1 aromatic heterocycles. The van der Waals surface area contributed by atoms with Gasteiger partial charge >= 0.3 is 0 Å². The van der Waals surface area contributed by atoms with Gasteiger partial charge in [0.05, 0.1) is 0 Å². The summed E-state index contributed by atoms with van der Waals surface area (Å²) in [5, 5.41) is 7.72. The lowest BCUT2D eigenvalue weighted by molar-refractivity contribution is 0.445. The lowest BCUT2D eigenvalue weighted by Crippen LogP contribution is -1.92. The first-order valence-electron chi connectivity index (χ1n) is 5.84. The molecule has 1 aliphatic carbocycles. The van der Waals surface area contributed by atoms with Crippen LogP contribution in [0.3, 0.4) is 0 Å². The Morgan fingerprint density at radius 3 is 2.71 bits per heavy atom. The maximum atomic E-state index is 6.30. The fourth-order valence-corrected chi connectivity index (χ4v) is 2.02. The quantitative estimate of drug-likeness (QED) is 0.779. The van der Waals surface area contributed by atoms with E-state index < -0.39 is 0 Å². The fraction of sp³-hybridized carbons (Fsp3) is 0.385.